The number of rotatable bonds is 1. The van der Waals surface area contributed by atoms with Crippen LogP contribution in [-0.4, -0.2) is 17.9 Å². The maximum Gasteiger partial charge on any atom is 0.0742 e. The van der Waals surface area contributed by atoms with Crippen molar-refractivity contribution in [3.8, 4) is 0 Å². The minimum atomic E-state index is 0.249. The summed E-state index contributed by atoms with van der Waals surface area (Å²) in [7, 11) is 0. The SMILES string of the molecule is CC[C@]12CCC3C(CC4(CC4)C4=CC(=N)CC[C@@H]43)C1CC[C@@]21CCCO1. The van der Waals surface area contributed by atoms with Gasteiger partial charge in [0, 0.05) is 17.7 Å². The Morgan fingerprint density at radius 1 is 1.08 bits per heavy atom. The summed E-state index contributed by atoms with van der Waals surface area (Å²) in [5, 5.41) is 8.24. The predicted octanol–water partition coefficient (Wildman–Crippen LogP) is 5.91. The normalized spacial score (nSPS) is 51.1. The Labute approximate surface area is 158 Å². The molecule has 3 unspecified atom stereocenters. The highest BCUT2D eigenvalue weighted by atomic mass is 16.5. The average Bonchev–Trinajstić information content (AvgIpc) is 3.13. The topological polar surface area (TPSA) is 33.1 Å². The molecule has 0 aromatic heterocycles. The number of fused-ring (bicyclic) bond motifs is 7. The number of ether oxygens (including phenoxy) is 1. The lowest BCUT2D eigenvalue weighted by atomic mass is 9.47. The van der Waals surface area contributed by atoms with Crippen molar-refractivity contribution in [2.24, 2.45) is 34.5 Å². The fourth-order valence-electron chi connectivity index (χ4n) is 9.10. The molecule has 6 aliphatic rings. The van der Waals surface area contributed by atoms with Crippen molar-refractivity contribution in [3.63, 3.8) is 0 Å². The van der Waals surface area contributed by atoms with E-state index < -0.39 is 0 Å². The van der Waals surface area contributed by atoms with Gasteiger partial charge in [0.15, 0.2) is 0 Å². The number of nitrogens with one attached hydrogen (secondary N) is 1. The van der Waals surface area contributed by atoms with E-state index in [0.29, 0.717) is 10.8 Å². The lowest BCUT2D eigenvalue weighted by Crippen LogP contribution is -2.54. The zero-order valence-corrected chi connectivity index (χ0v) is 16.5. The van der Waals surface area contributed by atoms with Gasteiger partial charge in [-0.3, -0.25) is 0 Å². The van der Waals surface area contributed by atoms with Gasteiger partial charge in [0.25, 0.3) is 0 Å². The molecule has 0 aromatic rings. The maximum atomic E-state index is 8.24. The van der Waals surface area contributed by atoms with Gasteiger partial charge >= 0.3 is 0 Å². The molecule has 26 heavy (non-hydrogen) atoms. The van der Waals surface area contributed by atoms with E-state index in [1.54, 1.807) is 5.57 Å². The summed E-state index contributed by atoms with van der Waals surface area (Å²) in [6.45, 7) is 3.50. The third kappa shape index (κ3) is 1.86. The summed E-state index contributed by atoms with van der Waals surface area (Å²) in [5.74, 6) is 3.61. The molecule has 1 heterocycles. The largest absolute Gasteiger partial charge is 0.374 e. The Balaban J connectivity index is 1.40. The molecule has 1 saturated heterocycles. The van der Waals surface area contributed by atoms with Crippen LogP contribution in [0.2, 0.25) is 0 Å². The van der Waals surface area contributed by atoms with Crippen molar-refractivity contribution in [2.45, 2.75) is 89.6 Å². The predicted molar refractivity (Wildman–Crippen MR) is 104 cm³/mol. The zero-order chi connectivity index (χ0) is 17.6. The molecule has 0 aromatic carbocycles. The van der Waals surface area contributed by atoms with Crippen LogP contribution in [0.4, 0.5) is 0 Å². The molecule has 142 valence electrons. The van der Waals surface area contributed by atoms with E-state index in [9.17, 15) is 0 Å². The van der Waals surface area contributed by atoms with Gasteiger partial charge in [0.2, 0.25) is 0 Å². The van der Waals surface area contributed by atoms with Gasteiger partial charge in [0.1, 0.15) is 0 Å². The maximum absolute atomic E-state index is 8.24. The summed E-state index contributed by atoms with van der Waals surface area (Å²) in [5.41, 5.74) is 3.92. The molecule has 0 bridgehead atoms. The number of allylic oxidation sites excluding steroid dienone is 2. The fourth-order valence-corrected chi connectivity index (χ4v) is 9.10. The van der Waals surface area contributed by atoms with E-state index >= 15 is 0 Å². The molecule has 2 spiro atoms. The lowest BCUT2D eigenvalue weighted by Gasteiger charge is -2.58. The van der Waals surface area contributed by atoms with E-state index in [1.807, 2.05) is 0 Å². The van der Waals surface area contributed by atoms with Gasteiger partial charge in [-0.25, -0.2) is 0 Å². The van der Waals surface area contributed by atoms with Crippen molar-refractivity contribution in [1.82, 2.24) is 0 Å². The molecule has 6 atom stereocenters. The molecule has 6 rings (SSSR count). The van der Waals surface area contributed by atoms with Gasteiger partial charge in [0.05, 0.1) is 5.60 Å². The van der Waals surface area contributed by atoms with Gasteiger partial charge in [-0.15, -0.1) is 0 Å². The molecule has 1 N–H and O–H groups in total. The van der Waals surface area contributed by atoms with Gasteiger partial charge in [-0.2, -0.15) is 0 Å². The van der Waals surface area contributed by atoms with E-state index in [-0.39, 0.29) is 5.60 Å². The molecule has 4 saturated carbocycles. The van der Waals surface area contributed by atoms with Crippen molar-refractivity contribution in [1.29, 1.82) is 5.41 Å². The van der Waals surface area contributed by atoms with Crippen molar-refractivity contribution >= 4 is 5.71 Å². The van der Waals surface area contributed by atoms with Crippen LogP contribution >= 0.6 is 0 Å². The first kappa shape index (κ1) is 16.3. The highest BCUT2D eigenvalue weighted by molar-refractivity contribution is 5.94. The van der Waals surface area contributed by atoms with Gasteiger partial charge in [-0.1, -0.05) is 12.5 Å². The Hall–Kier alpha value is -0.630. The molecule has 2 nitrogen and oxygen atoms in total. The minimum absolute atomic E-state index is 0.249. The molecule has 0 radical (unpaired) electrons. The van der Waals surface area contributed by atoms with E-state index in [1.165, 1.54) is 70.6 Å². The monoisotopic (exact) mass is 353 g/mol. The van der Waals surface area contributed by atoms with E-state index in [0.717, 1.165) is 42.4 Å². The van der Waals surface area contributed by atoms with Gasteiger partial charge in [-0.05, 0) is 112 Å². The van der Waals surface area contributed by atoms with Crippen LogP contribution in [0.3, 0.4) is 0 Å². The Kier molecular flexibility index (Phi) is 3.30. The Morgan fingerprint density at radius 2 is 1.96 bits per heavy atom. The molecular formula is C24H35NO. The van der Waals surface area contributed by atoms with E-state index in [4.69, 9.17) is 10.1 Å². The van der Waals surface area contributed by atoms with Crippen LogP contribution in [0.25, 0.3) is 0 Å². The minimum Gasteiger partial charge on any atom is -0.374 e. The molecule has 2 heteroatoms. The lowest BCUT2D eigenvalue weighted by molar-refractivity contribution is -0.141. The second-order valence-corrected chi connectivity index (χ2v) is 10.7. The van der Waals surface area contributed by atoms with Crippen LogP contribution in [0.1, 0.15) is 84.0 Å². The Bertz CT molecular complexity index is 668. The van der Waals surface area contributed by atoms with Gasteiger partial charge < -0.3 is 10.1 Å². The molecule has 5 aliphatic carbocycles. The molecule has 1 aliphatic heterocycles. The molecular weight excluding hydrogens is 318 g/mol. The zero-order valence-electron chi connectivity index (χ0n) is 16.5. The summed E-state index contributed by atoms with van der Waals surface area (Å²) in [4.78, 5) is 0. The van der Waals surface area contributed by atoms with Crippen LogP contribution < -0.4 is 0 Å². The van der Waals surface area contributed by atoms with Crippen molar-refractivity contribution in [3.05, 3.63) is 11.6 Å². The first-order valence-electron chi connectivity index (χ1n) is 11.6. The highest BCUT2D eigenvalue weighted by Gasteiger charge is 2.68. The first-order valence-corrected chi connectivity index (χ1v) is 11.6. The van der Waals surface area contributed by atoms with Crippen LogP contribution in [0.15, 0.2) is 11.6 Å². The van der Waals surface area contributed by atoms with Crippen molar-refractivity contribution < 1.29 is 4.74 Å². The molecule has 5 fully saturated rings. The van der Waals surface area contributed by atoms with Crippen molar-refractivity contribution in [2.75, 3.05) is 6.61 Å². The summed E-state index contributed by atoms with van der Waals surface area (Å²) >= 11 is 0. The quantitative estimate of drug-likeness (QED) is 0.624. The number of hydrogen-bond acceptors (Lipinski definition) is 2. The smallest absolute Gasteiger partial charge is 0.0742 e. The van der Waals surface area contributed by atoms with E-state index in [2.05, 4.69) is 13.0 Å². The standard InChI is InChI=1S/C24H35NO/c1-2-23-9-6-17-18-5-4-16(25)14-21(18)22(11-12-22)15-19(17)20(23)7-10-24(23)8-3-13-26-24/h14,17-20,25H,2-13,15H2,1H3/t17?,18-,19?,20?,23+,24+/m1/s1. The third-order valence-electron chi connectivity index (χ3n) is 10.3. The number of hydrogen-bond donors (Lipinski definition) is 1. The van der Waals surface area contributed by atoms with Crippen LogP contribution in [0.5, 0.6) is 0 Å². The summed E-state index contributed by atoms with van der Waals surface area (Å²) in [6, 6.07) is 0. The third-order valence-corrected chi connectivity index (χ3v) is 10.3. The fraction of sp³-hybridized carbons (Fsp3) is 0.875. The second-order valence-electron chi connectivity index (χ2n) is 10.7. The Morgan fingerprint density at radius 3 is 2.69 bits per heavy atom. The second kappa shape index (κ2) is 5.25. The van der Waals surface area contributed by atoms with Crippen LogP contribution in [0, 0.1) is 39.9 Å². The summed E-state index contributed by atoms with van der Waals surface area (Å²) < 4.78 is 6.59. The molecule has 0 amide bonds. The first-order chi connectivity index (χ1) is 12.6. The highest BCUT2D eigenvalue weighted by Crippen LogP contribution is 2.73. The van der Waals surface area contributed by atoms with Crippen LogP contribution in [-0.2, 0) is 4.74 Å². The average molecular weight is 354 g/mol. The summed E-state index contributed by atoms with van der Waals surface area (Å²) in [6.07, 6.45) is 18.6.